The summed E-state index contributed by atoms with van der Waals surface area (Å²) in [6.07, 6.45) is 9.70. The predicted molar refractivity (Wildman–Crippen MR) is 169 cm³/mol. The van der Waals surface area contributed by atoms with Crippen LogP contribution < -0.4 is 4.90 Å². The molecule has 44 heavy (non-hydrogen) atoms. The highest BCUT2D eigenvalue weighted by Crippen LogP contribution is 2.41. The van der Waals surface area contributed by atoms with E-state index >= 15 is 0 Å². The van der Waals surface area contributed by atoms with E-state index in [2.05, 4.69) is 26.6 Å². The first-order chi connectivity index (χ1) is 21.5. The lowest BCUT2D eigenvalue weighted by atomic mass is 9.84. The maximum atomic E-state index is 13.6. The third-order valence-electron chi connectivity index (χ3n) is 9.44. The number of rotatable bonds is 6. The third-order valence-corrected chi connectivity index (χ3v) is 11.1. The quantitative estimate of drug-likeness (QED) is 0.217. The summed E-state index contributed by atoms with van der Waals surface area (Å²) in [5.41, 5.74) is 3.93. The number of piperidine rings is 1. The second-order valence-corrected chi connectivity index (χ2v) is 13.8. The molecule has 222 valence electrons. The van der Waals surface area contributed by atoms with Gasteiger partial charge in [-0.3, -0.25) is 0 Å². The SMILES string of the molecule is N#CCC1CCC(n2c(C3CCN(c4ccc(C#N)cc4)CC3)nc3cnc4c(ccn4S(=O)(=O)c4ccccc4)c32)CC1. The zero-order valence-corrected chi connectivity index (χ0v) is 25.2. The molecule has 2 aromatic carbocycles. The van der Waals surface area contributed by atoms with Crippen molar-refractivity contribution in [3.8, 4) is 12.1 Å². The number of anilines is 1. The van der Waals surface area contributed by atoms with Crippen LogP contribution in [0.2, 0.25) is 0 Å². The number of imidazole rings is 1. The zero-order chi connectivity index (χ0) is 30.3. The average molecular weight is 604 g/mol. The van der Waals surface area contributed by atoms with Gasteiger partial charge in [0.2, 0.25) is 0 Å². The largest absolute Gasteiger partial charge is 0.371 e. The van der Waals surface area contributed by atoms with Gasteiger partial charge in [0.15, 0.2) is 5.65 Å². The normalized spacial score (nSPS) is 19.6. The van der Waals surface area contributed by atoms with Crippen molar-refractivity contribution in [3.63, 3.8) is 0 Å². The van der Waals surface area contributed by atoms with Crippen LogP contribution in [0.4, 0.5) is 5.69 Å². The number of nitriles is 2. The van der Waals surface area contributed by atoms with Crippen molar-refractivity contribution in [2.45, 2.75) is 61.8 Å². The molecule has 10 heteroatoms. The zero-order valence-electron chi connectivity index (χ0n) is 24.4. The Morgan fingerprint density at radius 3 is 2.30 bits per heavy atom. The van der Waals surface area contributed by atoms with Crippen molar-refractivity contribution in [3.05, 3.63) is 84.4 Å². The van der Waals surface area contributed by atoms with E-state index in [0.717, 1.165) is 79.5 Å². The van der Waals surface area contributed by atoms with E-state index in [4.69, 9.17) is 4.98 Å². The topological polar surface area (TPSA) is 121 Å². The van der Waals surface area contributed by atoms with Crippen molar-refractivity contribution in [2.24, 2.45) is 5.92 Å². The molecule has 3 aromatic heterocycles. The summed E-state index contributed by atoms with van der Waals surface area (Å²) < 4.78 is 30.9. The van der Waals surface area contributed by atoms with Crippen LogP contribution in [0.3, 0.4) is 0 Å². The smallest absolute Gasteiger partial charge is 0.269 e. The van der Waals surface area contributed by atoms with Crippen LogP contribution in [0.1, 0.15) is 68.3 Å². The minimum atomic E-state index is -3.82. The fraction of sp³-hybridized carbons (Fsp3) is 0.353. The van der Waals surface area contributed by atoms with Gasteiger partial charge >= 0.3 is 0 Å². The van der Waals surface area contributed by atoms with Crippen molar-refractivity contribution in [2.75, 3.05) is 18.0 Å². The first-order valence-corrected chi connectivity index (χ1v) is 16.7. The molecule has 0 spiro atoms. The molecule has 0 radical (unpaired) electrons. The van der Waals surface area contributed by atoms with E-state index in [1.165, 1.54) is 3.97 Å². The lowest BCUT2D eigenvalue weighted by Gasteiger charge is -2.35. The minimum absolute atomic E-state index is 0.221. The molecule has 4 heterocycles. The van der Waals surface area contributed by atoms with Crippen LogP contribution in [0, 0.1) is 28.6 Å². The second kappa shape index (κ2) is 11.4. The van der Waals surface area contributed by atoms with Gasteiger partial charge in [0.25, 0.3) is 10.0 Å². The Labute approximate surface area is 257 Å². The second-order valence-electron chi connectivity index (χ2n) is 12.0. The monoisotopic (exact) mass is 603 g/mol. The third kappa shape index (κ3) is 4.89. The molecule has 0 amide bonds. The van der Waals surface area contributed by atoms with Crippen LogP contribution in [0.25, 0.3) is 22.1 Å². The van der Waals surface area contributed by atoms with Gasteiger partial charge in [-0.05, 0) is 86.9 Å². The molecule has 1 saturated carbocycles. The summed E-state index contributed by atoms with van der Waals surface area (Å²) in [7, 11) is -3.82. The van der Waals surface area contributed by atoms with Crippen LogP contribution in [-0.4, -0.2) is 40.0 Å². The highest BCUT2D eigenvalue weighted by atomic mass is 32.2. The van der Waals surface area contributed by atoms with E-state index in [1.54, 1.807) is 42.7 Å². The van der Waals surface area contributed by atoms with E-state index in [-0.39, 0.29) is 16.9 Å². The fourth-order valence-corrected chi connectivity index (χ4v) is 8.42. The van der Waals surface area contributed by atoms with Gasteiger partial charge in [-0.1, -0.05) is 18.2 Å². The number of fused-ring (bicyclic) bond motifs is 3. The van der Waals surface area contributed by atoms with Crippen molar-refractivity contribution in [1.29, 1.82) is 10.5 Å². The molecule has 0 bridgehead atoms. The number of benzene rings is 2. The van der Waals surface area contributed by atoms with Crippen LogP contribution in [-0.2, 0) is 10.0 Å². The molecule has 1 aliphatic carbocycles. The van der Waals surface area contributed by atoms with Gasteiger partial charge in [-0.15, -0.1) is 0 Å². The summed E-state index contributed by atoms with van der Waals surface area (Å²) in [5.74, 6) is 1.72. The van der Waals surface area contributed by atoms with Crippen LogP contribution in [0.5, 0.6) is 0 Å². The Morgan fingerprint density at radius 1 is 0.886 bits per heavy atom. The maximum Gasteiger partial charge on any atom is 0.269 e. The average Bonchev–Trinajstić information content (AvgIpc) is 3.68. The maximum absolute atomic E-state index is 13.6. The first kappa shape index (κ1) is 28.1. The summed E-state index contributed by atoms with van der Waals surface area (Å²) in [4.78, 5) is 12.4. The standard InChI is InChI=1S/C34H33N7O2S/c35-18-14-24-6-12-28(13-7-24)41-32-30-17-21-40(44(42,43)29-4-2-1-3-5-29)34(30)37-23-31(32)38-33(41)26-15-19-39(20-16-26)27-10-8-25(22-36)9-11-27/h1-5,8-11,17,21,23-24,26,28H,6-7,12-16,19-20H2. The molecular weight excluding hydrogens is 570 g/mol. The molecule has 2 fully saturated rings. The fourth-order valence-electron chi connectivity index (χ4n) is 7.10. The van der Waals surface area contributed by atoms with E-state index < -0.39 is 10.0 Å². The Balaban J connectivity index is 1.28. The van der Waals surface area contributed by atoms with Gasteiger partial charge < -0.3 is 9.47 Å². The van der Waals surface area contributed by atoms with Gasteiger partial charge in [-0.25, -0.2) is 22.4 Å². The van der Waals surface area contributed by atoms with Gasteiger partial charge in [0.1, 0.15) is 11.3 Å². The Morgan fingerprint density at radius 2 is 1.61 bits per heavy atom. The number of hydrogen-bond acceptors (Lipinski definition) is 7. The Bertz CT molecular complexity index is 2000. The molecule has 1 saturated heterocycles. The number of nitrogens with zero attached hydrogens (tertiary/aromatic N) is 7. The molecule has 1 aliphatic heterocycles. The number of hydrogen-bond donors (Lipinski definition) is 0. The summed E-state index contributed by atoms with van der Waals surface area (Å²) in [6, 6.07) is 22.9. The Hall–Kier alpha value is -4.67. The molecule has 5 aromatic rings. The van der Waals surface area contributed by atoms with Crippen molar-refractivity contribution < 1.29 is 8.42 Å². The van der Waals surface area contributed by atoms with Crippen molar-refractivity contribution >= 4 is 37.8 Å². The lowest BCUT2D eigenvalue weighted by molar-refractivity contribution is 0.273. The summed E-state index contributed by atoms with van der Waals surface area (Å²) in [5, 5.41) is 19.2. The molecule has 0 atom stereocenters. The molecule has 2 aliphatic rings. The molecule has 9 nitrogen and oxygen atoms in total. The molecular formula is C34H33N7O2S. The number of aromatic nitrogens is 4. The first-order valence-electron chi connectivity index (χ1n) is 15.3. The van der Waals surface area contributed by atoms with Crippen molar-refractivity contribution in [1.82, 2.24) is 18.5 Å². The van der Waals surface area contributed by atoms with E-state index in [9.17, 15) is 18.9 Å². The summed E-state index contributed by atoms with van der Waals surface area (Å²) in [6.45, 7) is 1.77. The highest BCUT2D eigenvalue weighted by molar-refractivity contribution is 7.90. The minimum Gasteiger partial charge on any atom is -0.371 e. The molecule has 0 unspecified atom stereocenters. The van der Waals surface area contributed by atoms with Gasteiger partial charge in [0.05, 0.1) is 34.3 Å². The van der Waals surface area contributed by atoms with Crippen LogP contribution >= 0.6 is 0 Å². The predicted octanol–water partition coefficient (Wildman–Crippen LogP) is 6.52. The van der Waals surface area contributed by atoms with E-state index in [1.807, 2.05) is 30.3 Å². The van der Waals surface area contributed by atoms with Gasteiger partial charge in [-0.2, -0.15) is 10.5 Å². The van der Waals surface area contributed by atoms with E-state index in [0.29, 0.717) is 23.5 Å². The van der Waals surface area contributed by atoms with Crippen LogP contribution in [0.15, 0.2) is 78.0 Å². The highest BCUT2D eigenvalue weighted by Gasteiger charge is 2.32. The lowest BCUT2D eigenvalue weighted by Crippen LogP contribution is -2.34. The molecule has 7 rings (SSSR count). The van der Waals surface area contributed by atoms with Gasteiger partial charge in [0, 0.05) is 48.7 Å². The Kier molecular flexibility index (Phi) is 7.31. The summed E-state index contributed by atoms with van der Waals surface area (Å²) >= 11 is 0. The molecule has 0 N–H and O–H groups in total. The number of pyridine rings is 1.